The molecule has 2 aliphatic rings. The Morgan fingerprint density at radius 1 is 1.06 bits per heavy atom. The smallest absolute Gasteiger partial charge is 0.366 e. The Morgan fingerprint density at radius 2 is 1.72 bits per heavy atom. The van der Waals surface area contributed by atoms with Crippen LogP contribution >= 0.6 is 0 Å². The average Bonchev–Trinajstić information content (AvgIpc) is 3.25. The molecule has 0 radical (unpaired) electrons. The summed E-state index contributed by atoms with van der Waals surface area (Å²) < 4.78 is 49.4. The van der Waals surface area contributed by atoms with E-state index in [1.165, 1.54) is 42.3 Å². The van der Waals surface area contributed by atoms with Crippen molar-refractivity contribution in [2.45, 2.75) is 62.7 Å². The van der Waals surface area contributed by atoms with Crippen molar-refractivity contribution in [2.75, 3.05) is 42.2 Å². The Hall–Kier alpha value is -1.87. The summed E-state index contributed by atoms with van der Waals surface area (Å²) in [5.41, 5.74) is 0. The first-order valence-corrected chi connectivity index (χ1v) is 9.78. The fourth-order valence-corrected chi connectivity index (χ4v) is 3.95. The third kappa shape index (κ3) is 5.03. The predicted molar refractivity (Wildman–Crippen MR) is 103 cm³/mol. The van der Waals surface area contributed by atoms with Crippen molar-refractivity contribution >= 4 is 17.8 Å². The number of nitrogens with one attached hydrogen (secondary N) is 1. The van der Waals surface area contributed by atoms with Gasteiger partial charge in [0.25, 0.3) is 12.3 Å². The molecule has 2 saturated heterocycles. The third-order valence-corrected chi connectivity index (χ3v) is 5.36. The monoisotopic (exact) mass is 465 g/mol. The second kappa shape index (κ2) is 10.8. The van der Waals surface area contributed by atoms with Crippen LogP contribution in [-0.2, 0) is 57.0 Å². The van der Waals surface area contributed by atoms with E-state index in [2.05, 4.69) is 5.32 Å². The lowest BCUT2D eigenvalue weighted by atomic mass is 9.86. The third-order valence-electron chi connectivity index (χ3n) is 5.36. The summed E-state index contributed by atoms with van der Waals surface area (Å²) in [5.74, 6) is -5.76. The number of ether oxygens (including phenoxy) is 9. The Labute approximate surface area is 185 Å². The van der Waals surface area contributed by atoms with Crippen LogP contribution in [0.5, 0.6) is 0 Å². The molecule has 0 aromatic rings. The van der Waals surface area contributed by atoms with Crippen molar-refractivity contribution in [3.05, 3.63) is 0 Å². The normalized spacial score (nSPS) is 32.9. The SMILES string of the molecule is COC(=O)[C@]1(OC)C[C@H](OC(C)=O)[C@@H](NC(C)=O)[C@H](C(OC)(OC)[C@H]2COC(OC)O2)O1. The van der Waals surface area contributed by atoms with Crippen LogP contribution < -0.4 is 5.32 Å². The van der Waals surface area contributed by atoms with E-state index < -0.39 is 60.2 Å². The van der Waals surface area contributed by atoms with Crippen molar-refractivity contribution < 1.29 is 57.0 Å². The second-order valence-corrected chi connectivity index (χ2v) is 7.18. The second-order valence-electron chi connectivity index (χ2n) is 7.18. The molecule has 2 heterocycles. The average molecular weight is 465 g/mol. The number of hydrogen-bond acceptors (Lipinski definition) is 12. The molecule has 0 aliphatic carbocycles. The minimum absolute atomic E-state index is 0.0384. The van der Waals surface area contributed by atoms with Crippen molar-refractivity contribution in [3.8, 4) is 0 Å². The minimum Gasteiger partial charge on any atom is -0.465 e. The largest absolute Gasteiger partial charge is 0.465 e. The van der Waals surface area contributed by atoms with Gasteiger partial charge in [-0.25, -0.2) is 4.79 Å². The standard InChI is InChI=1S/C19H31NO12/c1-10(21)20-14-12(30-11(2)22)8-18(26-5,16(23)24-3)32-15(14)19(27-6,28-7)13-9-29-17(25-4)31-13/h12-15,17H,8-9H2,1-7H3,(H,20,21)/t12-,13+,14+,15+,17?,18-/m0/s1. The van der Waals surface area contributed by atoms with Gasteiger partial charge in [-0.05, 0) is 0 Å². The Kier molecular flexibility index (Phi) is 8.93. The molecule has 2 rings (SSSR count). The molecule has 13 nitrogen and oxygen atoms in total. The topological polar surface area (TPSA) is 146 Å². The number of hydrogen-bond donors (Lipinski definition) is 1. The van der Waals surface area contributed by atoms with Gasteiger partial charge >= 0.3 is 11.9 Å². The summed E-state index contributed by atoms with van der Waals surface area (Å²) in [6, 6.07) is -1.03. The minimum atomic E-state index is -2.00. The fraction of sp³-hybridized carbons (Fsp3) is 0.842. The number of rotatable bonds is 9. The van der Waals surface area contributed by atoms with E-state index in [0.29, 0.717) is 0 Å². The molecule has 0 aromatic heterocycles. The first-order valence-electron chi connectivity index (χ1n) is 9.78. The first-order chi connectivity index (χ1) is 15.1. The number of carbonyl (C=O) groups excluding carboxylic acids is 3. The van der Waals surface area contributed by atoms with Crippen LogP contribution in [0, 0.1) is 0 Å². The molecular weight excluding hydrogens is 434 g/mol. The number of methoxy groups -OCH3 is 5. The van der Waals surface area contributed by atoms with E-state index in [0.717, 1.165) is 7.11 Å². The zero-order chi connectivity index (χ0) is 24.1. The lowest BCUT2D eigenvalue weighted by molar-refractivity contribution is -0.378. The van der Waals surface area contributed by atoms with E-state index in [-0.39, 0.29) is 13.0 Å². The summed E-state index contributed by atoms with van der Waals surface area (Å²) in [7, 11) is 6.41. The van der Waals surface area contributed by atoms with Gasteiger partial charge in [0, 0.05) is 42.3 Å². The van der Waals surface area contributed by atoms with Crippen molar-refractivity contribution in [2.24, 2.45) is 0 Å². The maximum Gasteiger partial charge on any atom is 0.366 e. The summed E-state index contributed by atoms with van der Waals surface area (Å²) in [6.45, 7) is 1.42. The summed E-state index contributed by atoms with van der Waals surface area (Å²) in [4.78, 5) is 36.6. The van der Waals surface area contributed by atoms with Crippen LogP contribution in [0.3, 0.4) is 0 Å². The van der Waals surface area contributed by atoms with Gasteiger partial charge in [0.2, 0.25) is 11.7 Å². The first kappa shape index (κ1) is 26.4. The van der Waals surface area contributed by atoms with E-state index in [4.69, 9.17) is 42.6 Å². The molecule has 184 valence electrons. The maximum absolute atomic E-state index is 12.7. The molecule has 1 N–H and O–H groups in total. The summed E-state index contributed by atoms with van der Waals surface area (Å²) in [5, 5.41) is 2.69. The Balaban J connectivity index is 2.62. The van der Waals surface area contributed by atoms with E-state index in [9.17, 15) is 14.4 Å². The molecule has 2 fully saturated rings. The molecule has 0 aromatic carbocycles. The number of carbonyl (C=O) groups is 3. The highest BCUT2D eigenvalue weighted by molar-refractivity contribution is 5.78. The van der Waals surface area contributed by atoms with E-state index in [1.54, 1.807) is 0 Å². The highest BCUT2D eigenvalue weighted by Crippen LogP contribution is 2.42. The molecule has 0 bridgehead atoms. The van der Waals surface area contributed by atoms with Gasteiger partial charge in [-0.1, -0.05) is 0 Å². The van der Waals surface area contributed by atoms with E-state index in [1.807, 2.05) is 0 Å². The van der Waals surface area contributed by atoms with Crippen LogP contribution in [-0.4, -0.2) is 102 Å². The van der Waals surface area contributed by atoms with Gasteiger partial charge in [-0.2, -0.15) is 0 Å². The van der Waals surface area contributed by atoms with Gasteiger partial charge in [0.15, 0.2) is 0 Å². The summed E-state index contributed by atoms with van der Waals surface area (Å²) >= 11 is 0. The quantitative estimate of drug-likeness (QED) is 0.331. The molecular formula is C19H31NO12. The van der Waals surface area contributed by atoms with Crippen molar-refractivity contribution in [3.63, 3.8) is 0 Å². The van der Waals surface area contributed by atoms with Gasteiger partial charge < -0.3 is 47.9 Å². The summed E-state index contributed by atoms with van der Waals surface area (Å²) in [6.07, 6.45) is -3.60. The number of esters is 2. The molecule has 0 saturated carbocycles. The van der Waals surface area contributed by atoms with Crippen LogP contribution in [0.2, 0.25) is 0 Å². The predicted octanol–water partition coefficient (Wildman–Crippen LogP) is -0.938. The molecule has 0 spiro atoms. The zero-order valence-corrected chi connectivity index (χ0v) is 19.2. The van der Waals surface area contributed by atoms with Crippen LogP contribution in [0.25, 0.3) is 0 Å². The lowest BCUT2D eigenvalue weighted by Crippen LogP contribution is -2.73. The lowest BCUT2D eigenvalue weighted by Gasteiger charge is -2.51. The van der Waals surface area contributed by atoms with Gasteiger partial charge in [-0.15, -0.1) is 0 Å². The molecule has 2 aliphatic heterocycles. The van der Waals surface area contributed by atoms with Crippen molar-refractivity contribution in [1.29, 1.82) is 0 Å². The van der Waals surface area contributed by atoms with Crippen LogP contribution in [0.1, 0.15) is 20.3 Å². The van der Waals surface area contributed by atoms with E-state index >= 15 is 0 Å². The maximum atomic E-state index is 12.7. The van der Waals surface area contributed by atoms with Crippen LogP contribution in [0.15, 0.2) is 0 Å². The highest BCUT2D eigenvalue weighted by Gasteiger charge is 2.64. The Bertz CT molecular complexity index is 683. The van der Waals surface area contributed by atoms with Crippen molar-refractivity contribution in [1.82, 2.24) is 5.32 Å². The molecule has 13 heteroatoms. The fourth-order valence-electron chi connectivity index (χ4n) is 3.95. The Morgan fingerprint density at radius 3 is 2.16 bits per heavy atom. The van der Waals surface area contributed by atoms with Gasteiger partial charge in [0.1, 0.15) is 18.3 Å². The molecule has 32 heavy (non-hydrogen) atoms. The molecule has 1 unspecified atom stereocenters. The van der Waals surface area contributed by atoms with Gasteiger partial charge in [0.05, 0.1) is 26.2 Å². The zero-order valence-electron chi connectivity index (χ0n) is 19.2. The van der Waals surface area contributed by atoms with Gasteiger partial charge in [-0.3, -0.25) is 9.59 Å². The highest BCUT2D eigenvalue weighted by atomic mass is 16.9. The number of amides is 1. The molecule has 6 atom stereocenters. The molecule has 1 amide bonds. The van der Waals surface area contributed by atoms with Crippen LogP contribution in [0.4, 0.5) is 0 Å².